The molecule has 0 aliphatic heterocycles. The maximum absolute atomic E-state index is 11.9. The minimum absolute atomic E-state index is 0.265. The van der Waals surface area contributed by atoms with Crippen molar-refractivity contribution in [3.63, 3.8) is 0 Å². The van der Waals surface area contributed by atoms with E-state index in [1.807, 2.05) is 18.2 Å². The Kier molecular flexibility index (Phi) is 4.59. The molecule has 0 bridgehead atoms. The normalized spacial score (nSPS) is 11.3. The molecule has 0 amide bonds. The summed E-state index contributed by atoms with van der Waals surface area (Å²) in [5.74, 6) is -0.265. The Bertz CT molecular complexity index is 1010. The number of nitrogens with two attached hydrogens (primary N) is 2. The fourth-order valence-corrected chi connectivity index (χ4v) is 3.30. The van der Waals surface area contributed by atoms with E-state index in [9.17, 15) is 13.2 Å². The van der Waals surface area contributed by atoms with Crippen LogP contribution in [0.4, 0.5) is 24.0 Å². The lowest BCUT2D eigenvalue weighted by molar-refractivity contribution is -0.274. The third kappa shape index (κ3) is 4.25. The minimum Gasteiger partial charge on any atom is -0.406 e. The van der Waals surface area contributed by atoms with Crippen LogP contribution in [0.25, 0.3) is 20.4 Å². The fourth-order valence-electron chi connectivity index (χ4n) is 1.95. The highest BCUT2D eigenvalue weighted by Crippen LogP contribution is 2.30. The number of rotatable bonds is 1. The molecule has 4 N–H and O–H groups in total. The molecule has 2 aromatic heterocycles. The predicted octanol–water partition coefficient (Wildman–Crippen LogP) is 4.05. The van der Waals surface area contributed by atoms with Gasteiger partial charge in [-0.3, -0.25) is 0 Å². The van der Waals surface area contributed by atoms with Crippen molar-refractivity contribution >= 4 is 54.1 Å². The van der Waals surface area contributed by atoms with E-state index in [0.29, 0.717) is 21.0 Å². The maximum atomic E-state index is 11.9. The van der Waals surface area contributed by atoms with Crippen LogP contribution in [-0.2, 0) is 0 Å². The van der Waals surface area contributed by atoms with Crippen molar-refractivity contribution in [3.05, 3.63) is 36.4 Å². The lowest BCUT2D eigenvalue weighted by Gasteiger charge is -2.07. The van der Waals surface area contributed by atoms with E-state index < -0.39 is 6.36 Å². The van der Waals surface area contributed by atoms with Crippen LogP contribution in [0.2, 0.25) is 0 Å². The molecule has 0 atom stereocenters. The van der Waals surface area contributed by atoms with Gasteiger partial charge < -0.3 is 16.2 Å². The smallest absolute Gasteiger partial charge is 0.406 e. The molecule has 130 valence electrons. The number of thiazole rings is 1. The van der Waals surface area contributed by atoms with Gasteiger partial charge in [0.15, 0.2) is 5.13 Å². The average molecular weight is 385 g/mol. The average Bonchev–Trinajstić information content (AvgIpc) is 3.12. The van der Waals surface area contributed by atoms with Gasteiger partial charge in [-0.25, -0.2) is 4.98 Å². The van der Waals surface area contributed by atoms with Gasteiger partial charge in [0.25, 0.3) is 0 Å². The maximum Gasteiger partial charge on any atom is 0.573 e. The Morgan fingerprint density at radius 1 is 1.04 bits per heavy atom. The second kappa shape index (κ2) is 6.69. The van der Waals surface area contributed by atoms with Gasteiger partial charge in [-0.05, 0) is 35.8 Å². The highest BCUT2D eigenvalue weighted by Gasteiger charge is 2.31. The van der Waals surface area contributed by atoms with Crippen LogP contribution in [0.15, 0.2) is 36.4 Å². The van der Waals surface area contributed by atoms with Crippen molar-refractivity contribution in [1.29, 1.82) is 0 Å². The second-order valence-electron chi connectivity index (χ2n) is 4.70. The van der Waals surface area contributed by atoms with Crippen LogP contribution in [0, 0.1) is 0 Å². The Labute approximate surface area is 147 Å². The van der Waals surface area contributed by atoms with E-state index in [4.69, 9.17) is 11.5 Å². The molecule has 0 unspecified atom stereocenters. The summed E-state index contributed by atoms with van der Waals surface area (Å²) in [5.41, 5.74) is 13.1. The first-order valence-corrected chi connectivity index (χ1v) is 8.29. The summed E-state index contributed by atoms with van der Waals surface area (Å²) in [7, 11) is 0. The van der Waals surface area contributed by atoms with E-state index in [1.54, 1.807) is 0 Å². The van der Waals surface area contributed by atoms with Gasteiger partial charge in [-0.1, -0.05) is 21.9 Å². The zero-order valence-corrected chi connectivity index (χ0v) is 14.0. The van der Waals surface area contributed by atoms with Gasteiger partial charge in [0.05, 0.1) is 20.6 Å². The first kappa shape index (κ1) is 17.2. The van der Waals surface area contributed by atoms with Gasteiger partial charge in [0.1, 0.15) is 11.3 Å². The SMILES string of the molecule is Nc1cccc2snnc12.Nc1nc2ccc(OC(F)(F)F)cc2s1. The number of halogens is 3. The van der Waals surface area contributed by atoms with E-state index in [-0.39, 0.29) is 5.75 Å². The Hall–Kier alpha value is -2.66. The number of ether oxygens (including phenoxy) is 1. The standard InChI is InChI=1S/C8H5F3N2OS.C6H5N3S/c9-8(10,11)14-4-1-2-5-6(3-4)15-7(12)13-5;7-4-2-1-3-5-6(4)8-9-10-5/h1-3H,(H2,12,13);1-3H,7H2. The second-order valence-corrected chi connectivity index (χ2v) is 6.54. The summed E-state index contributed by atoms with van der Waals surface area (Å²) in [6.45, 7) is 0. The van der Waals surface area contributed by atoms with Gasteiger partial charge in [-0.2, -0.15) is 0 Å². The number of hydrogen-bond donors (Lipinski definition) is 2. The molecule has 11 heteroatoms. The number of aromatic nitrogens is 3. The van der Waals surface area contributed by atoms with E-state index in [1.165, 1.54) is 29.7 Å². The Morgan fingerprint density at radius 3 is 2.56 bits per heavy atom. The molecule has 0 spiro atoms. The van der Waals surface area contributed by atoms with Crippen molar-refractivity contribution in [1.82, 2.24) is 14.6 Å². The van der Waals surface area contributed by atoms with E-state index >= 15 is 0 Å². The van der Waals surface area contributed by atoms with Crippen molar-refractivity contribution < 1.29 is 17.9 Å². The van der Waals surface area contributed by atoms with Crippen molar-refractivity contribution in [2.75, 3.05) is 11.5 Å². The number of nitrogen functional groups attached to an aromatic ring is 2. The Balaban J connectivity index is 0.000000157. The monoisotopic (exact) mass is 385 g/mol. The molecule has 4 rings (SSSR count). The largest absolute Gasteiger partial charge is 0.573 e. The van der Waals surface area contributed by atoms with E-state index in [0.717, 1.165) is 21.6 Å². The summed E-state index contributed by atoms with van der Waals surface area (Å²) in [4.78, 5) is 3.91. The van der Waals surface area contributed by atoms with Crippen molar-refractivity contribution in [3.8, 4) is 5.75 Å². The minimum atomic E-state index is -4.68. The predicted molar refractivity (Wildman–Crippen MR) is 92.5 cm³/mol. The summed E-state index contributed by atoms with van der Waals surface area (Å²) in [5, 5.41) is 4.18. The topological polar surface area (TPSA) is 99.9 Å². The lowest BCUT2D eigenvalue weighted by atomic mass is 10.3. The first-order chi connectivity index (χ1) is 11.8. The Morgan fingerprint density at radius 2 is 1.84 bits per heavy atom. The molecule has 6 nitrogen and oxygen atoms in total. The van der Waals surface area contributed by atoms with Crippen molar-refractivity contribution in [2.24, 2.45) is 0 Å². The molecule has 25 heavy (non-hydrogen) atoms. The zero-order valence-electron chi connectivity index (χ0n) is 12.3. The van der Waals surface area contributed by atoms with Gasteiger partial charge in [0.2, 0.25) is 0 Å². The summed E-state index contributed by atoms with van der Waals surface area (Å²) < 4.78 is 44.8. The summed E-state index contributed by atoms with van der Waals surface area (Å²) in [6, 6.07) is 9.58. The molecule has 0 saturated heterocycles. The number of benzene rings is 2. The summed E-state index contributed by atoms with van der Waals surface area (Å²) >= 11 is 2.47. The van der Waals surface area contributed by atoms with Crippen LogP contribution in [0.5, 0.6) is 5.75 Å². The van der Waals surface area contributed by atoms with Crippen LogP contribution in [-0.4, -0.2) is 20.9 Å². The molecule has 0 aliphatic rings. The third-order valence-electron chi connectivity index (χ3n) is 2.92. The molecular formula is C14H10F3N5OS2. The van der Waals surface area contributed by atoms with Gasteiger partial charge >= 0.3 is 6.36 Å². The number of fused-ring (bicyclic) bond motifs is 2. The van der Waals surface area contributed by atoms with E-state index in [2.05, 4.69) is 19.3 Å². The van der Waals surface area contributed by atoms with Gasteiger partial charge in [-0.15, -0.1) is 18.3 Å². The number of alkyl halides is 3. The van der Waals surface area contributed by atoms with Gasteiger partial charge in [0, 0.05) is 6.07 Å². The number of hydrogen-bond acceptors (Lipinski definition) is 8. The van der Waals surface area contributed by atoms with Crippen LogP contribution < -0.4 is 16.2 Å². The number of nitrogens with zero attached hydrogens (tertiary/aromatic N) is 3. The lowest BCUT2D eigenvalue weighted by Crippen LogP contribution is -2.16. The summed E-state index contributed by atoms with van der Waals surface area (Å²) in [6.07, 6.45) is -4.68. The molecule has 0 saturated carbocycles. The first-order valence-electron chi connectivity index (χ1n) is 6.70. The highest BCUT2D eigenvalue weighted by atomic mass is 32.1. The third-order valence-corrected chi connectivity index (χ3v) is 4.46. The molecule has 0 aliphatic carbocycles. The molecule has 2 aromatic carbocycles. The molecule has 0 radical (unpaired) electrons. The quantitative estimate of drug-likeness (QED) is 0.480. The highest BCUT2D eigenvalue weighted by molar-refractivity contribution is 7.22. The molecule has 0 fully saturated rings. The fraction of sp³-hybridized carbons (Fsp3) is 0.0714. The van der Waals surface area contributed by atoms with Crippen LogP contribution in [0.1, 0.15) is 0 Å². The number of anilines is 2. The molecule has 2 heterocycles. The van der Waals surface area contributed by atoms with Crippen LogP contribution in [0.3, 0.4) is 0 Å². The zero-order chi connectivity index (χ0) is 18.0. The van der Waals surface area contributed by atoms with Crippen molar-refractivity contribution in [2.45, 2.75) is 6.36 Å². The molecular weight excluding hydrogens is 375 g/mol. The molecule has 4 aromatic rings. The van der Waals surface area contributed by atoms with Crippen LogP contribution >= 0.6 is 22.9 Å².